The molecule has 6 heteroatoms. The van der Waals surface area contributed by atoms with Crippen LogP contribution in [0.25, 0.3) is 0 Å². The number of methoxy groups -OCH3 is 1. The Kier molecular flexibility index (Phi) is 11.9. The monoisotopic (exact) mass is 394 g/mol. The van der Waals surface area contributed by atoms with Crippen molar-refractivity contribution in [3.05, 3.63) is 65.7 Å². The van der Waals surface area contributed by atoms with E-state index < -0.39 is 12.2 Å². The molecule has 1 aromatic rings. The first kappa shape index (κ1) is 23.0. The molecule has 0 spiro atoms. The third-order valence-corrected chi connectivity index (χ3v) is 3.81. The van der Waals surface area contributed by atoms with Gasteiger partial charge in [0.05, 0.1) is 13.2 Å². The maximum atomic E-state index is 11.0. The number of ether oxygens (including phenoxy) is 2. The molecule has 0 aliphatic rings. The number of aliphatic hydroxyl groups is 2. The zero-order valence-corrected chi connectivity index (χ0v) is 16.2. The summed E-state index contributed by atoms with van der Waals surface area (Å²) in [5.74, 6) is 0.379. The lowest BCUT2D eigenvalue weighted by atomic mass is 10.1. The zero-order valence-electron chi connectivity index (χ0n) is 15.5. The molecular weight excluding hydrogens is 368 g/mol. The summed E-state index contributed by atoms with van der Waals surface area (Å²) in [5.41, 5.74) is 0. The molecule has 0 saturated heterocycles. The van der Waals surface area contributed by atoms with Gasteiger partial charge in [-0.25, -0.2) is 0 Å². The Balaban J connectivity index is 2.18. The Bertz CT molecular complexity index is 639. The van der Waals surface area contributed by atoms with Crippen LogP contribution in [0.3, 0.4) is 0 Å². The summed E-state index contributed by atoms with van der Waals surface area (Å²) in [4.78, 5) is 11.0. The molecular formula is C21H27ClO5. The van der Waals surface area contributed by atoms with E-state index in [4.69, 9.17) is 16.3 Å². The molecule has 0 aliphatic carbocycles. The lowest BCUT2D eigenvalue weighted by molar-refractivity contribution is -0.140. The number of benzene rings is 1. The van der Waals surface area contributed by atoms with Gasteiger partial charge in [0.25, 0.3) is 0 Å². The van der Waals surface area contributed by atoms with E-state index in [1.807, 2.05) is 0 Å². The summed E-state index contributed by atoms with van der Waals surface area (Å²) < 4.78 is 10.00. The third-order valence-electron chi connectivity index (χ3n) is 3.58. The van der Waals surface area contributed by atoms with Gasteiger partial charge in [-0.2, -0.15) is 0 Å². The standard InChI is InChI=1S/C21H27ClO5/c1-26-21(25)14-7-6-11-18(23)10-4-2-3-5-12-19(24)16-27-20-13-8-9-17(22)15-20/h2-5,8-10,12-13,15,18-19,23-24H,6-7,11,14,16H2,1H3/b3-2-,10-4+,12-5+. The molecule has 2 unspecified atom stereocenters. The summed E-state index contributed by atoms with van der Waals surface area (Å²) >= 11 is 5.86. The lowest BCUT2D eigenvalue weighted by Crippen LogP contribution is -2.14. The zero-order chi connectivity index (χ0) is 19.9. The van der Waals surface area contributed by atoms with Gasteiger partial charge in [-0.1, -0.05) is 54.1 Å². The number of halogens is 1. The number of hydrogen-bond donors (Lipinski definition) is 2. The molecule has 0 aromatic heterocycles. The highest BCUT2D eigenvalue weighted by molar-refractivity contribution is 6.30. The second-order valence-corrected chi connectivity index (χ2v) is 6.32. The van der Waals surface area contributed by atoms with Gasteiger partial charge in [0.2, 0.25) is 0 Å². The molecule has 0 fully saturated rings. The normalized spacial score (nSPS) is 14.1. The second-order valence-electron chi connectivity index (χ2n) is 5.88. The van der Waals surface area contributed by atoms with Crippen LogP contribution < -0.4 is 4.74 Å². The molecule has 2 N–H and O–H groups in total. The van der Waals surface area contributed by atoms with Crippen LogP contribution in [-0.4, -0.2) is 42.1 Å². The van der Waals surface area contributed by atoms with E-state index in [2.05, 4.69) is 4.74 Å². The molecule has 0 amide bonds. The number of aliphatic hydroxyl groups excluding tert-OH is 2. The minimum atomic E-state index is -0.738. The quantitative estimate of drug-likeness (QED) is 0.320. The summed E-state index contributed by atoms with van der Waals surface area (Å²) in [6.07, 6.45) is 11.4. The van der Waals surface area contributed by atoms with Crippen molar-refractivity contribution in [1.82, 2.24) is 0 Å². The molecule has 148 valence electrons. The van der Waals surface area contributed by atoms with E-state index in [1.165, 1.54) is 7.11 Å². The summed E-state index contributed by atoms with van der Waals surface area (Å²) in [6.45, 7) is 0.130. The molecule has 0 radical (unpaired) electrons. The first-order valence-electron chi connectivity index (χ1n) is 8.84. The van der Waals surface area contributed by atoms with E-state index in [9.17, 15) is 15.0 Å². The van der Waals surface area contributed by atoms with Crippen molar-refractivity contribution in [3.8, 4) is 5.75 Å². The highest BCUT2D eigenvalue weighted by Gasteiger charge is 2.02. The molecule has 27 heavy (non-hydrogen) atoms. The SMILES string of the molecule is COC(=O)CCCCC(O)/C=C/C=C\C=C\C(O)COc1cccc(Cl)c1. The number of hydrogen-bond acceptors (Lipinski definition) is 5. The van der Waals surface area contributed by atoms with E-state index in [1.54, 1.807) is 60.7 Å². The predicted molar refractivity (Wildman–Crippen MR) is 107 cm³/mol. The molecule has 0 aliphatic heterocycles. The Hall–Kier alpha value is -2.08. The van der Waals surface area contributed by atoms with Gasteiger partial charge in [0.1, 0.15) is 18.5 Å². The largest absolute Gasteiger partial charge is 0.491 e. The first-order valence-corrected chi connectivity index (χ1v) is 9.22. The third kappa shape index (κ3) is 12.0. The average Bonchev–Trinajstić information content (AvgIpc) is 2.66. The van der Waals surface area contributed by atoms with Gasteiger partial charge in [-0.05, 0) is 37.5 Å². The fraction of sp³-hybridized carbons (Fsp3) is 0.381. The van der Waals surface area contributed by atoms with Gasteiger partial charge in [-0.3, -0.25) is 4.79 Å². The van der Waals surface area contributed by atoms with Gasteiger partial charge < -0.3 is 19.7 Å². The Morgan fingerprint density at radius 3 is 2.48 bits per heavy atom. The lowest BCUT2D eigenvalue weighted by Gasteiger charge is -2.08. The van der Waals surface area contributed by atoms with Gasteiger partial charge in [0, 0.05) is 11.4 Å². The Morgan fingerprint density at radius 1 is 1.11 bits per heavy atom. The van der Waals surface area contributed by atoms with E-state index >= 15 is 0 Å². The fourth-order valence-corrected chi connectivity index (χ4v) is 2.31. The van der Waals surface area contributed by atoms with Crippen LogP contribution in [0.4, 0.5) is 0 Å². The first-order chi connectivity index (χ1) is 13.0. The summed E-state index contributed by atoms with van der Waals surface area (Å²) in [6, 6.07) is 6.99. The van der Waals surface area contributed by atoms with E-state index in [0.29, 0.717) is 30.0 Å². The number of rotatable bonds is 12. The van der Waals surface area contributed by atoms with Crippen molar-refractivity contribution in [2.45, 2.75) is 37.9 Å². The molecule has 1 rings (SSSR count). The van der Waals surface area contributed by atoms with Crippen molar-refractivity contribution >= 4 is 17.6 Å². The summed E-state index contributed by atoms with van der Waals surface area (Å²) in [7, 11) is 1.37. The van der Waals surface area contributed by atoms with Crippen LogP contribution >= 0.6 is 11.6 Å². The highest BCUT2D eigenvalue weighted by atomic mass is 35.5. The van der Waals surface area contributed by atoms with Gasteiger partial charge in [-0.15, -0.1) is 0 Å². The molecule has 5 nitrogen and oxygen atoms in total. The topological polar surface area (TPSA) is 76.0 Å². The van der Waals surface area contributed by atoms with Crippen molar-refractivity contribution in [2.75, 3.05) is 13.7 Å². The number of carbonyl (C=O) groups is 1. The van der Waals surface area contributed by atoms with E-state index in [-0.39, 0.29) is 12.6 Å². The molecule has 2 atom stereocenters. The van der Waals surface area contributed by atoms with Crippen LogP contribution in [-0.2, 0) is 9.53 Å². The maximum Gasteiger partial charge on any atom is 0.305 e. The van der Waals surface area contributed by atoms with Gasteiger partial charge in [0.15, 0.2) is 0 Å². The smallest absolute Gasteiger partial charge is 0.305 e. The molecule has 0 saturated carbocycles. The van der Waals surface area contributed by atoms with Crippen molar-refractivity contribution in [2.24, 2.45) is 0 Å². The van der Waals surface area contributed by atoms with Crippen LogP contribution in [0.15, 0.2) is 60.7 Å². The van der Waals surface area contributed by atoms with Crippen LogP contribution in [0.1, 0.15) is 25.7 Å². The van der Waals surface area contributed by atoms with Crippen molar-refractivity contribution in [1.29, 1.82) is 0 Å². The Morgan fingerprint density at radius 2 is 1.81 bits per heavy atom. The number of esters is 1. The fourth-order valence-electron chi connectivity index (χ4n) is 2.13. The van der Waals surface area contributed by atoms with Crippen LogP contribution in [0.2, 0.25) is 5.02 Å². The molecule has 0 heterocycles. The van der Waals surface area contributed by atoms with Crippen LogP contribution in [0, 0.1) is 0 Å². The Labute approximate surface area is 165 Å². The van der Waals surface area contributed by atoms with Crippen molar-refractivity contribution < 1.29 is 24.5 Å². The molecule has 0 bridgehead atoms. The number of unbranched alkanes of at least 4 members (excludes halogenated alkanes) is 1. The highest BCUT2D eigenvalue weighted by Crippen LogP contribution is 2.17. The van der Waals surface area contributed by atoms with Gasteiger partial charge >= 0.3 is 5.97 Å². The minimum Gasteiger partial charge on any atom is -0.491 e. The average molecular weight is 395 g/mol. The number of allylic oxidation sites excluding steroid dienone is 4. The van der Waals surface area contributed by atoms with Crippen molar-refractivity contribution in [3.63, 3.8) is 0 Å². The predicted octanol–water partition coefficient (Wildman–Crippen LogP) is 3.84. The second kappa shape index (κ2) is 14.0. The number of carbonyl (C=O) groups excluding carboxylic acids is 1. The maximum absolute atomic E-state index is 11.0. The summed E-state index contributed by atoms with van der Waals surface area (Å²) in [5, 5.41) is 20.2. The minimum absolute atomic E-state index is 0.130. The van der Waals surface area contributed by atoms with E-state index in [0.717, 1.165) is 6.42 Å². The molecule has 1 aromatic carbocycles. The van der Waals surface area contributed by atoms with Crippen LogP contribution in [0.5, 0.6) is 5.75 Å².